The number of aromatic nitrogens is 1. The molecule has 0 unspecified atom stereocenters. The Kier molecular flexibility index (Phi) is 5.30. The van der Waals surface area contributed by atoms with Crippen LogP contribution in [-0.4, -0.2) is 30.5 Å². The van der Waals surface area contributed by atoms with E-state index < -0.39 is 0 Å². The molecule has 98 valence electrons. The van der Waals surface area contributed by atoms with Crippen LogP contribution in [0.3, 0.4) is 0 Å². The van der Waals surface area contributed by atoms with E-state index in [2.05, 4.69) is 15.0 Å². The predicted octanol–water partition coefficient (Wildman–Crippen LogP) is 1.38. The average molecular weight is 250 g/mol. The second-order valence-electron chi connectivity index (χ2n) is 4.00. The molecule has 0 aliphatic carbocycles. The number of nitrogens with zero attached hydrogens (tertiary/aromatic N) is 1. The molecule has 18 heavy (non-hydrogen) atoms. The number of amides is 1. The van der Waals surface area contributed by atoms with Crippen molar-refractivity contribution in [3.8, 4) is 0 Å². The SMILES string of the molecule is COC(=O)CCCNC(=O)c1ccnc(C)c1C. The molecule has 0 atom stereocenters. The van der Waals surface area contributed by atoms with Crippen LogP contribution in [0.5, 0.6) is 0 Å². The van der Waals surface area contributed by atoms with Crippen LogP contribution in [0.15, 0.2) is 12.3 Å². The van der Waals surface area contributed by atoms with Gasteiger partial charge in [0.15, 0.2) is 0 Å². The number of hydrogen-bond acceptors (Lipinski definition) is 4. The number of nitrogens with one attached hydrogen (secondary N) is 1. The topological polar surface area (TPSA) is 68.3 Å². The number of pyridine rings is 1. The summed E-state index contributed by atoms with van der Waals surface area (Å²) < 4.78 is 4.52. The highest BCUT2D eigenvalue weighted by molar-refractivity contribution is 5.95. The maximum absolute atomic E-state index is 11.9. The van der Waals surface area contributed by atoms with Gasteiger partial charge in [0.25, 0.3) is 5.91 Å². The maximum atomic E-state index is 11.9. The molecule has 0 bridgehead atoms. The molecule has 1 N–H and O–H groups in total. The molecule has 1 rings (SSSR count). The maximum Gasteiger partial charge on any atom is 0.305 e. The van der Waals surface area contributed by atoms with Crippen molar-refractivity contribution in [2.75, 3.05) is 13.7 Å². The minimum absolute atomic E-state index is 0.136. The van der Waals surface area contributed by atoms with Gasteiger partial charge in [-0.05, 0) is 31.9 Å². The van der Waals surface area contributed by atoms with E-state index in [0.717, 1.165) is 11.3 Å². The molecule has 0 aromatic carbocycles. The van der Waals surface area contributed by atoms with Crippen molar-refractivity contribution in [1.82, 2.24) is 10.3 Å². The second kappa shape index (κ2) is 6.74. The first-order valence-corrected chi connectivity index (χ1v) is 5.83. The summed E-state index contributed by atoms with van der Waals surface area (Å²) in [5, 5.41) is 2.77. The molecular formula is C13H18N2O3. The van der Waals surface area contributed by atoms with Crippen LogP contribution in [0.1, 0.15) is 34.5 Å². The first-order valence-electron chi connectivity index (χ1n) is 5.83. The van der Waals surface area contributed by atoms with Crippen molar-refractivity contribution < 1.29 is 14.3 Å². The van der Waals surface area contributed by atoms with E-state index in [1.807, 2.05) is 13.8 Å². The van der Waals surface area contributed by atoms with Crippen molar-refractivity contribution in [3.63, 3.8) is 0 Å². The van der Waals surface area contributed by atoms with E-state index in [4.69, 9.17) is 0 Å². The molecule has 1 heterocycles. The summed E-state index contributed by atoms with van der Waals surface area (Å²) in [6.07, 6.45) is 2.50. The number of carbonyl (C=O) groups excluding carboxylic acids is 2. The summed E-state index contributed by atoms with van der Waals surface area (Å²) in [6, 6.07) is 1.69. The molecular weight excluding hydrogens is 232 g/mol. The third kappa shape index (κ3) is 3.84. The van der Waals surface area contributed by atoms with Crippen molar-refractivity contribution in [2.24, 2.45) is 0 Å². The number of hydrogen-bond donors (Lipinski definition) is 1. The Balaban J connectivity index is 2.46. The third-order valence-corrected chi connectivity index (χ3v) is 2.77. The van der Waals surface area contributed by atoms with Crippen molar-refractivity contribution in [2.45, 2.75) is 26.7 Å². The van der Waals surface area contributed by atoms with Gasteiger partial charge in [-0.2, -0.15) is 0 Å². The molecule has 0 saturated carbocycles. The molecule has 0 saturated heterocycles. The number of methoxy groups -OCH3 is 1. The molecule has 5 heteroatoms. The fraction of sp³-hybridized carbons (Fsp3) is 0.462. The van der Waals surface area contributed by atoms with Gasteiger partial charge in [-0.3, -0.25) is 14.6 Å². The normalized spacial score (nSPS) is 9.94. The van der Waals surface area contributed by atoms with E-state index in [-0.39, 0.29) is 11.9 Å². The molecule has 0 aliphatic heterocycles. The zero-order chi connectivity index (χ0) is 13.5. The quantitative estimate of drug-likeness (QED) is 0.633. The average Bonchev–Trinajstić information content (AvgIpc) is 2.37. The van der Waals surface area contributed by atoms with Crippen LogP contribution in [0.25, 0.3) is 0 Å². The number of esters is 1. The fourth-order valence-electron chi connectivity index (χ4n) is 1.52. The Morgan fingerprint density at radius 2 is 2.11 bits per heavy atom. The highest BCUT2D eigenvalue weighted by Crippen LogP contribution is 2.09. The molecule has 1 aromatic heterocycles. The third-order valence-electron chi connectivity index (χ3n) is 2.77. The van der Waals surface area contributed by atoms with E-state index in [1.165, 1.54) is 7.11 Å². The van der Waals surface area contributed by atoms with Crippen LogP contribution in [0.4, 0.5) is 0 Å². The lowest BCUT2D eigenvalue weighted by molar-refractivity contribution is -0.140. The fourth-order valence-corrected chi connectivity index (χ4v) is 1.52. The predicted molar refractivity (Wildman–Crippen MR) is 67.3 cm³/mol. The van der Waals surface area contributed by atoms with Crippen molar-refractivity contribution in [1.29, 1.82) is 0 Å². The van der Waals surface area contributed by atoms with E-state index in [9.17, 15) is 9.59 Å². The van der Waals surface area contributed by atoms with Gasteiger partial charge < -0.3 is 10.1 Å². The molecule has 0 fully saturated rings. The van der Waals surface area contributed by atoms with Crippen LogP contribution in [0.2, 0.25) is 0 Å². The standard InChI is InChI=1S/C13H18N2O3/c1-9-10(2)14-8-6-11(9)13(17)15-7-4-5-12(16)18-3/h6,8H,4-5,7H2,1-3H3,(H,15,17). The summed E-state index contributed by atoms with van der Waals surface area (Å²) in [5.74, 6) is -0.400. The summed E-state index contributed by atoms with van der Waals surface area (Å²) in [6.45, 7) is 4.18. The minimum Gasteiger partial charge on any atom is -0.469 e. The van der Waals surface area contributed by atoms with E-state index in [1.54, 1.807) is 12.3 Å². The highest BCUT2D eigenvalue weighted by Gasteiger charge is 2.10. The molecule has 0 radical (unpaired) electrons. The Labute approximate surface area is 107 Å². The molecule has 5 nitrogen and oxygen atoms in total. The Bertz CT molecular complexity index is 444. The van der Waals surface area contributed by atoms with Crippen molar-refractivity contribution >= 4 is 11.9 Å². The van der Waals surface area contributed by atoms with E-state index >= 15 is 0 Å². The van der Waals surface area contributed by atoms with Crippen LogP contribution in [-0.2, 0) is 9.53 Å². The lowest BCUT2D eigenvalue weighted by Crippen LogP contribution is -2.26. The Hall–Kier alpha value is -1.91. The molecule has 1 aromatic rings. The summed E-state index contributed by atoms with van der Waals surface area (Å²) in [5.41, 5.74) is 2.35. The Morgan fingerprint density at radius 3 is 2.78 bits per heavy atom. The number of rotatable bonds is 5. The summed E-state index contributed by atoms with van der Waals surface area (Å²) >= 11 is 0. The van der Waals surface area contributed by atoms with Crippen LogP contribution in [0, 0.1) is 13.8 Å². The van der Waals surface area contributed by atoms with Crippen LogP contribution >= 0.6 is 0 Å². The smallest absolute Gasteiger partial charge is 0.305 e. The first kappa shape index (κ1) is 14.2. The van der Waals surface area contributed by atoms with Gasteiger partial charge in [-0.1, -0.05) is 0 Å². The molecule has 0 aliphatic rings. The monoisotopic (exact) mass is 250 g/mol. The minimum atomic E-state index is -0.264. The van der Waals surface area contributed by atoms with Gasteiger partial charge in [-0.25, -0.2) is 0 Å². The summed E-state index contributed by atoms with van der Waals surface area (Å²) in [7, 11) is 1.35. The first-order chi connectivity index (χ1) is 8.56. The zero-order valence-corrected chi connectivity index (χ0v) is 10.9. The van der Waals surface area contributed by atoms with Gasteiger partial charge in [0.2, 0.25) is 0 Å². The lowest BCUT2D eigenvalue weighted by Gasteiger charge is -2.08. The number of carbonyl (C=O) groups is 2. The molecule has 0 spiro atoms. The number of ether oxygens (including phenoxy) is 1. The second-order valence-corrected chi connectivity index (χ2v) is 4.00. The van der Waals surface area contributed by atoms with Gasteiger partial charge in [0.1, 0.15) is 0 Å². The van der Waals surface area contributed by atoms with E-state index in [0.29, 0.717) is 24.9 Å². The van der Waals surface area contributed by atoms with Gasteiger partial charge in [0, 0.05) is 30.4 Å². The van der Waals surface area contributed by atoms with Gasteiger partial charge >= 0.3 is 5.97 Å². The van der Waals surface area contributed by atoms with Crippen molar-refractivity contribution in [3.05, 3.63) is 29.1 Å². The van der Waals surface area contributed by atoms with Gasteiger partial charge in [-0.15, -0.1) is 0 Å². The number of aryl methyl sites for hydroxylation is 1. The largest absolute Gasteiger partial charge is 0.469 e. The Morgan fingerprint density at radius 1 is 1.39 bits per heavy atom. The highest BCUT2D eigenvalue weighted by atomic mass is 16.5. The van der Waals surface area contributed by atoms with Crippen LogP contribution < -0.4 is 5.32 Å². The summed E-state index contributed by atoms with van der Waals surface area (Å²) in [4.78, 5) is 26.9. The molecule has 1 amide bonds. The zero-order valence-electron chi connectivity index (χ0n) is 10.9. The lowest BCUT2D eigenvalue weighted by atomic mass is 10.1. The van der Waals surface area contributed by atoms with Gasteiger partial charge in [0.05, 0.1) is 7.11 Å².